The molecule has 1 aliphatic heterocycles. The molecule has 0 unspecified atom stereocenters. The molecule has 0 aromatic heterocycles. The van der Waals surface area contributed by atoms with E-state index in [2.05, 4.69) is 0 Å². The van der Waals surface area contributed by atoms with Gasteiger partial charge in [0.15, 0.2) is 0 Å². The summed E-state index contributed by atoms with van der Waals surface area (Å²) in [6.07, 6.45) is 0. The molecule has 3 aromatic rings. The van der Waals surface area contributed by atoms with Gasteiger partial charge in [-0.2, -0.15) is 0 Å². The van der Waals surface area contributed by atoms with Gasteiger partial charge in [0.2, 0.25) is 0 Å². The molecule has 1 heterocycles. The van der Waals surface area contributed by atoms with Gasteiger partial charge < -0.3 is 0 Å². The second-order valence-electron chi connectivity index (χ2n) is 6.82. The molecule has 6 nitrogen and oxygen atoms in total. The zero-order valence-corrected chi connectivity index (χ0v) is 17.1. The van der Waals surface area contributed by atoms with Crippen LogP contribution in [0, 0.1) is 21.7 Å². The lowest BCUT2D eigenvalue weighted by molar-refractivity contribution is -0.384. The standard InChI is InChI=1S/C23H14F2N2O4S/c24-16-8-11-19(18(25)12-16)26-22(28)20(15-6-9-17(10-7-15)27(30)31)21(23(26)29)32-13-14-4-2-1-3-5-14/h1-12H,13H2. The lowest BCUT2D eigenvalue weighted by atomic mass is 10.1. The van der Waals surface area contributed by atoms with E-state index in [0.717, 1.165) is 29.5 Å². The van der Waals surface area contributed by atoms with Crippen molar-refractivity contribution in [1.29, 1.82) is 0 Å². The zero-order valence-electron chi connectivity index (χ0n) is 16.3. The highest BCUT2D eigenvalue weighted by Gasteiger charge is 2.41. The van der Waals surface area contributed by atoms with Crippen LogP contribution in [0.1, 0.15) is 11.1 Å². The number of non-ortho nitro benzene ring substituents is 1. The van der Waals surface area contributed by atoms with Crippen LogP contribution in [0.3, 0.4) is 0 Å². The molecule has 0 radical (unpaired) electrons. The number of carbonyl (C=O) groups excluding carboxylic acids is 2. The van der Waals surface area contributed by atoms with Crippen LogP contribution in [0.4, 0.5) is 20.2 Å². The van der Waals surface area contributed by atoms with Crippen LogP contribution >= 0.6 is 11.8 Å². The Morgan fingerprint density at radius 2 is 1.59 bits per heavy atom. The molecule has 2 amide bonds. The summed E-state index contributed by atoms with van der Waals surface area (Å²) in [6.45, 7) is 0. The smallest absolute Gasteiger partial charge is 0.268 e. The maximum Gasteiger partial charge on any atom is 0.272 e. The fourth-order valence-corrected chi connectivity index (χ4v) is 4.33. The first-order valence-electron chi connectivity index (χ1n) is 9.36. The topological polar surface area (TPSA) is 80.5 Å². The van der Waals surface area contributed by atoms with Gasteiger partial charge in [-0.3, -0.25) is 19.7 Å². The SMILES string of the molecule is O=C1C(SCc2ccccc2)=C(c2ccc([N+](=O)[O-])cc2)C(=O)N1c1ccc(F)cc1F. The van der Waals surface area contributed by atoms with Crippen LogP contribution in [0.5, 0.6) is 0 Å². The quantitative estimate of drug-likeness (QED) is 0.296. The average Bonchev–Trinajstić information content (AvgIpc) is 3.02. The fourth-order valence-electron chi connectivity index (χ4n) is 3.26. The number of hydrogen-bond acceptors (Lipinski definition) is 5. The number of nitro groups is 1. The van der Waals surface area contributed by atoms with E-state index in [1.54, 1.807) is 0 Å². The minimum atomic E-state index is -1.05. The van der Waals surface area contributed by atoms with Crippen molar-refractivity contribution in [2.45, 2.75) is 5.75 Å². The molecule has 0 atom stereocenters. The minimum absolute atomic E-state index is 0.00885. The van der Waals surface area contributed by atoms with Gasteiger partial charge in [-0.1, -0.05) is 30.3 Å². The second-order valence-corrected chi connectivity index (χ2v) is 7.81. The van der Waals surface area contributed by atoms with Crippen LogP contribution in [0.15, 0.2) is 77.7 Å². The number of nitro benzene ring substituents is 1. The van der Waals surface area contributed by atoms with Crippen molar-refractivity contribution in [3.05, 3.63) is 111 Å². The maximum atomic E-state index is 14.4. The molecule has 0 saturated heterocycles. The molecule has 0 saturated carbocycles. The zero-order chi connectivity index (χ0) is 22.8. The fraction of sp³-hybridized carbons (Fsp3) is 0.0435. The summed E-state index contributed by atoms with van der Waals surface area (Å²) in [7, 11) is 0. The van der Waals surface area contributed by atoms with Crippen molar-refractivity contribution in [2.24, 2.45) is 0 Å². The van der Waals surface area contributed by atoms with Crippen LogP contribution in [-0.2, 0) is 15.3 Å². The molecule has 3 aromatic carbocycles. The molecule has 4 rings (SSSR count). The number of anilines is 1. The van der Waals surface area contributed by atoms with Crippen LogP contribution in [0.25, 0.3) is 5.57 Å². The molecule has 160 valence electrons. The predicted molar refractivity (Wildman–Crippen MR) is 117 cm³/mol. The van der Waals surface area contributed by atoms with Gasteiger partial charge in [0.05, 0.1) is 21.1 Å². The lowest BCUT2D eigenvalue weighted by Crippen LogP contribution is -2.32. The van der Waals surface area contributed by atoms with E-state index in [9.17, 15) is 28.5 Å². The number of thioether (sulfide) groups is 1. The summed E-state index contributed by atoms with van der Waals surface area (Å²) in [5.74, 6) is -3.05. The van der Waals surface area contributed by atoms with E-state index in [1.165, 1.54) is 24.3 Å². The van der Waals surface area contributed by atoms with E-state index < -0.39 is 28.4 Å². The number of hydrogen-bond donors (Lipinski definition) is 0. The highest BCUT2D eigenvalue weighted by molar-refractivity contribution is 8.03. The Morgan fingerprint density at radius 1 is 0.906 bits per heavy atom. The van der Waals surface area contributed by atoms with E-state index in [-0.39, 0.29) is 27.4 Å². The molecule has 0 N–H and O–H groups in total. The Bertz CT molecular complexity index is 1260. The van der Waals surface area contributed by atoms with Gasteiger partial charge in [-0.05, 0) is 35.4 Å². The van der Waals surface area contributed by atoms with Crippen LogP contribution < -0.4 is 4.90 Å². The first-order chi connectivity index (χ1) is 15.4. The monoisotopic (exact) mass is 452 g/mol. The van der Waals surface area contributed by atoms with Gasteiger partial charge in [0.1, 0.15) is 11.6 Å². The van der Waals surface area contributed by atoms with Gasteiger partial charge in [0.25, 0.3) is 17.5 Å². The normalized spacial score (nSPS) is 13.8. The van der Waals surface area contributed by atoms with E-state index in [4.69, 9.17) is 0 Å². The number of nitrogens with zero attached hydrogens (tertiary/aromatic N) is 2. The number of halogens is 2. The van der Waals surface area contributed by atoms with E-state index >= 15 is 0 Å². The maximum absolute atomic E-state index is 14.4. The van der Waals surface area contributed by atoms with Crippen molar-refractivity contribution in [2.75, 3.05) is 4.90 Å². The summed E-state index contributed by atoms with van der Waals surface area (Å²) < 4.78 is 27.8. The molecule has 0 fully saturated rings. The van der Waals surface area contributed by atoms with Gasteiger partial charge in [0, 0.05) is 24.0 Å². The highest BCUT2D eigenvalue weighted by Crippen LogP contribution is 2.40. The first-order valence-corrected chi connectivity index (χ1v) is 10.3. The molecule has 32 heavy (non-hydrogen) atoms. The Hall–Kier alpha value is -3.85. The van der Waals surface area contributed by atoms with E-state index in [1.807, 2.05) is 30.3 Å². The summed E-state index contributed by atoms with van der Waals surface area (Å²) in [4.78, 5) is 37.6. The Balaban J connectivity index is 1.77. The first kappa shape index (κ1) is 21.4. The summed E-state index contributed by atoms with van der Waals surface area (Å²) in [6, 6.07) is 17.0. The summed E-state index contributed by atoms with van der Waals surface area (Å²) in [5, 5.41) is 11.0. The van der Waals surface area contributed by atoms with Crippen molar-refractivity contribution in [1.82, 2.24) is 0 Å². The molecule has 0 bridgehead atoms. The summed E-state index contributed by atoms with van der Waals surface area (Å²) >= 11 is 1.11. The van der Waals surface area contributed by atoms with E-state index in [0.29, 0.717) is 16.7 Å². The predicted octanol–water partition coefficient (Wildman–Crippen LogP) is 5.09. The largest absolute Gasteiger partial charge is 0.272 e. The third kappa shape index (κ3) is 4.02. The molecular formula is C23H14F2N2O4S. The van der Waals surface area contributed by atoms with Crippen molar-refractivity contribution in [3.8, 4) is 0 Å². The number of rotatable bonds is 6. The summed E-state index contributed by atoms with van der Waals surface area (Å²) in [5.41, 5.74) is 0.658. The molecule has 9 heteroatoms. The highest BCUT2D eigenvalue weighted by atomic mass is 32.2. The van der Waals surface area contributed by atoms with Crippen LogP contribution in [-0.4, -0.2) is 16.7 Å². The van der Waals surface area contributed by atoms with Crippen LogP contribution in [0.2, 0.25) is 0 Å². The Morgan fingerprint density at radius 3 is 2.22 bits per heavy atom. The average molecular weight is 452 g/mol. The van der Waals surface area contributed by atoms with Gasteiger partial charge >= 0.3 is 0 Å². The molecule has 1 aliphatic rings. The van der Waals surface area contributed by atoms with Crippen molar-refractivity contribution in [3.63, 3.8) is 0 Å². The second kappa shape index (κ2) is 8.72. The number of carbonyl (C=O) groups is 2. The minimum Gasteiger partial charge on any atom is -0.268 e. The molecule has 0 aliphatic carbocycles. The molecular weight excluding hydrogens is 438 g/mol. The van der Waals surface area contributed by atoms with Crippen molar-refractivity contribution >= 4 is 40.5 Å². The Kier molecular flexibility index (Phi) is 5.83. The lowest BCUT2D eigenvalue weighted by Gasteiger charge is -2.16. The number of amides is 2. The van der Waals surface area contributed by atoms with Gasteiger partial charge in [-0.25, -0.2) is 13.7 Å². The van der Waals surface area contributed by atoms with Crippen molar-refractivity contribution < 1.29 is 23.3 Å². The Labute approximate surface area is 185 Å². The molecule has 0 spiro atoms. The number of benzene rings is 3. The third-order valence-electron chi connectivity index (χ3n) is 4.78. The van der Waals surface area contributed by atoms with Gasteiger partial charge in [-0.15, -0.1) is 11.8 Å². The third-order valence-corrected chi connectivity index (χ3v) is 5.93. The number of imide groups is 1.